The molecule has 2 aromatic heterocycles. The van der Waals surface area contributed by atoms with Crippen LogP contribution < -0.4 is 5.32 Å². The predicted molar refractivity (Wildman–Crippen MR) is 96.9 cm³/mol. The van der Waals surface area contributed by atoms with E-state index in [-0.39, 0.29) is 21.2 Å². The SMILES string of the molecule is O=C(Nc1nc(-c2ccc(C(F)(F)F)cc2)c(I)o1)c1ccc(C(F)(F)F)cn1. The van der Waals surface area contributed by atoms with Gasteiger partial charge < -0.3 is 4.42 Å². The van der Waals surface area contributed by atoms with E-state index in [4.69, 9.17) is 4.42 Å². The van der Waals surface area contributed by atoms with E-state index in [2.05, 4.69) is 15.3 Å². The molecule has 152 valence electrons. The second-order valence-corrected chi connectivity index (χ2v) is 6.58. The number of oxazole rings is 1. The molecule has 0 spiro atoms. The fourth-order valence-electron chi connectivity index (χ4n) is 2.21. The maximum absolute atomic E-state index is 12.6. The minimum atomic E-state index is -4.59. The number of carbonyl (C=O) groups excluding carboxylic acids is 1. The molecule has 3 rings (SSSR count). The zero-order valence-corrected chi connectivity index (χ0v) is 16.1. The van der Waals surface area contributed by atoms with Crippen LogP contribution >= 0.6 is 22.6 Å². The molecule has 1 aromatic carbocycles. The normalized spacial score (nSPS) is 12.1. The average Bonchev–Trinajstić information content (AvgIpc) is 3.00. The average molecular weight is 527 g/mol. The summed E-state index contributed by atoms with van der Waals surface area (Å²) < 4.78 is 81.0. The number of carbonyl (C=O) groups is 1. The van der Waals surface area contributed by atoms with Gasteiger partial charge in [-0.25, -0.2) is 0 Å². The van der Waals surface area contributed by atoms with Crippen molar-refractivity contribution in [1.29, 1.82) is 0 Å². The van der Waals surface area contributed by atoms with Crippen LogP contribution in [-0.4, -0.2) is 15.9 Å². The molecule has 0 aliphatic carbocycles. The van der Waals surface area contributed by atoms with Gasteiger partial charge in [0.15, 0.2) is 3.77 Å². The standard InChI is InChI=1S/C17H8F6IN3O2/c18-16(19,20)9-3-1-8(2-4-9)12-13(24)29-15(26-12)27-14(28)11-6-5-10(7-25-11)17(21,22)23/h1-7H,(H,26,27,28). The Balaban J connectivity index is 1.77. The number of pyridine rings is 1. The van der Waals surface area contributed by atoms with Crippen molar-refractivity contribution >= 4 is 34.5 Å². The van der Waals surface area contributed by atoms with Crippen molar-refractivity contribution in [2.45, 2.75) is 12.4 Å². The van der Waals surface area contributed by atoms with Crippen LogP contribution in [0.25, 0.3) is 11.3 Å². The van der Waals surface area contributed by atoms with Crippen molar-refractivity contribution < 1.29 is 35.6 Å². The molecule has 0 saturated carbocycles. The predicted octanol–water partition coefficient (Wildman–Crippen LogP) is 5.63. The number of aromatic nitrogens is 2. The number of alkyl halides is 6. The molecule has 0 unspecified atom stereocenters. The van der Waals surface area contributed by atoms with Gasteiger partial charge in [0.2, 0.25) is 0 Å². The number of benzene rings is 1. The third-order valence-electron chi connectivity index (χ3n) is 3.62. The summed E-state index contributed by atoms with van der Waals surface area (Å²) >= 11 is 1.74. The van der Waals surface area contributed by atoms with Gasteiger partial charge in [-0.15, -0.1) is 0 Å². The zero-order chi connectivity index (χ0) is 21.4. The molecule has 0 radical (unpaired) electrons. The summed E-state index contributed by atoms with van der Waals surface area (Å²) in [6.45, 7) is 0. The Morgan fingerprint density at radius 2 is 1.52 bits per heavy atom. The first-order valence-corrected chi connectivity index (χ1v) is 8.71. The number of hydrogen-bond donors (Lipinski definition) is 1. The minimum absolute atomic E-state index is 0.190. The van der Waals surface area contributed by atoms with Gasteiger partial charge in [0, 0.05) is 34.4 Å². The van der Waals surface area contributed by atoms with E-state index < -0.39 is 29.4 Å². The van der Waals surface area contributed by atoms with Crippen molar-refractivity contribution in [3.05, 3.63) is 63.2 Å². The van der Waals surface area contributed by atoms with Crippen molar-refractivity contribution in [2.75, 3.05) is 5.32 Å². The van der Waals surface area contributed by atoms with E-state index >= 15 is 0 Å². The molecule has 3 aromatic rings. The largest absolute Gasteiger partial charge is 0.417 e. The van der Waals surface area contributed by atoms with Crippen LogP contribution in [-0.2, 0) is 12.4 Å². The van der Waals surface area contributed by atoms with E-state index in [1.54, 1.807) is 22.6 Å². The topological polar surface area (TPSA) is 68.0 Å². The lowest BCUT2D eigenvalue weighted by Crippen LogP contribution is -2.15. The lowest BCUT2D eigenvalue weighted by Gasteiger charge is -2.06. The third-order valence-corrected chi connectivity index (χ3v) is 4.35. The summed E-state index contributed by atoms with van der Waals surface area (Å²) in [6.07, 6.45) is -8.55. The summed E-state index contributed by atoms with van der Waals surface area (Å²) in [7, 11) is 0. The number of rotatable bonds is 3. The maximum Gasteiger partial charge on any atom is 0.417 e. The van der Waals surface area contributed by atoms with Gasteiger partial charge in [0.1, 0.15) is 11.4 Å². The van der Waals surface area contributed by atoms with Gasteiger partial charge in [0.05, 0.1) is 11.1 Å². The van der Waals surface area contributed by atoms with E-state index in [0.29, 0.717) is 17.8 Å². The van der Waals surface area contributed by atoms with E-state index in [9.17, 15) is 31.1 Å². The summed E-state index contributed by atoms with van der Waals surface area (Å²) in [5.74, 6) is -0.865. The number of halogens is 7. The molecule has 0 bridgehead atoms. The summed E-state index contributed by atoms with van der Waals surface area (Å²) in [4.78, 5) is 19.6. The molecule has 1 N–H and O–H groups in total. The Hall–Kier alpha value is -2.64. The molecule has 1 amide bonds. The first-order chi connectivity index (χ1) is 13.4. The highest BCUT2D eigenvalue weighted by Crippen LogP contribution is 2.33. The number of nitrogens with one attached hydrogen (secondary N) is 1. The Morgan fingerprint density at radius 3 is 2.03 bits per heavy atom. The fourth-order valence-corrected chi connectivity index (χ4v) is 2.85. The summed E-state index contributed by atoms with van der Waals surface area (Å²) in [5, 5.41) is 2.24. The van der Waals surface area contributed by atoms with Crippen molar-refractivity contribution in [2.24, 2.45) is 0 Å². The minimum Gasteiger partial charge on any atom is -0.417 e. The molecule has 2 heterocycles. The van der Waals surface area contributed by atoms with Crippen LogP contribution in [0.15, 0.2) is 47.0 Å². The highest BCUT2D eigenvalue weighted by Gasteiger charge is 2.31. The van der Waals surface area contributed by atoms with Crippen LogP contribution in [0.3, 0.4) is 0 Å². The smallest absolute Gasteiger partial charge is 0.417 e. The van der Waals surface area contributed by atoms with Gasteiger partial charge in [-0.05, 0) is 24.3 Å². The second-order valence-electron chi connectivity index (χ2n) is 5.60. The summed E-state index contributed by atoms with van der Waals surface area (Å²) in [5.41, 5.74) is -1.64. The Labute approximate surface area is 172 Å². The number of hydrogen-bond acceptors (Lipinski definition) is 4. The van der Waals surface area contributed by atoms with Crippen LogP contribution in [0.4, 0.5) is 32.4 Å². The monoisotopic (exact) mass is 527 g/mol. The fraction of sp³-hybridized carbons (Fsp3) is 0.118. The van der Waals surface area contributed by atoms with Crippen LogP contribution in [0.2, 0.25) is 0 Å². The second kappa shape index (κ2) is 7.65. The van der Waals surface area contributed by atoms with Crippen LogP contribution in [0, 0.1) is 3.77 Å². The van der Waals surface area contributed by atoms with E-state index in [0.717, 1.165) is 18.2 Å². The highest BCUT2D eigenvalue weighted by molar-refractivity contribution is 14.1. The third kappa shape index (κ3) is 4.86. The molecule has 0 fully saturated rings. The first kappa shape index (κ1) is 21.1. The molecular formula is C17H8F6IN3O2. The number of anilines is 1. The number of amides is 1. The van der Waals surface area contributed by atoms with Gasteiger partial charge >= 0.3 is 18.4 Å². The van der Waals surface area contributed by atoms with Crippen LogP contribution in [0.5, 0.6) is 0 Å². The highest BCUT2D eigenvalue weighted by atomic mass is 127. The van der Waals surface area contributed by atoms with Gasteiger partial charge in [-0.2, -0.15) is 31.3 Å². The Kier molecular flexibility index (Phi) is 5.56. The number of nitrogens with zero attached hydrogens (tertiary/aromatic N) is 2. The van der Waals surface area contributed by atoms with Gasteiger partial charge in [0.25, 0.3) is 5.91 Å². The Bertz CT molecular complexity index is 1030. The Morgan fingerprint density at radius 1 is 0.931 bits per heavy atom. The lowest BCUT2D eigenvalue weighted by atomic mass is 10.1. The molecular weight excluding hydrogens is 519 g/mol. The molecule has 5 nitrogen and oxygen atoms in total. The quantitative estimate of drug-likeness (QED) is 0.354. The molecule has 29 heavy (non-hydrogen) atoms. The summed E-state index contributed by atoms with van der Waals surface area (Å²) in [6, 6.07) is 5.47. The first-order valence-electron chi connectivity index (χ1n) is 7.63. The van der Waals surface area contributed by atoms with Gasteiger partial charge in [-0.3, -0.25) is 15.1 Å². The van der Waals surface area contributed by atoms with Crippen LogP contribution in [0.1, 0.15) is 21.6 Å². The van der Waals surface area contributed by atoms with E-state index in [1.165, 1.54) is 12.1 Å². The van der Waals surface area contributed by atoms with E-state index in [1.807, 2.05) is 0 Å². The molecule has 12 heteroatoms. The zero-order valence-electron chi connectivity index (χ0n) is 13.9. The lowest BCUT2D eigenvalue weighted by molar-refractivity contribution is -0.138. The molecule has 0 atom stereocenters. The van der Waals surface area contributed by atoms with Crippen molar-refractivity contribution in [3.8, 4) is 11.3 Å². The maximum atomic E-state index is 12.6. The van der Waals surface area contributed by atoms with Crippen molar-refractivity contribution in [1.82, 2.24) is 9.97 Å². The van der Waals surface area contributed by atoms with Gasteiger partial charge in [-0.1, -0.05) is 12.1 Å². The molecule has 0 aliphatic heterocycles. The molecule has 0 aliphatic rings. The van der Waals surface area contributed by atoms with Crippen molar-refractivity contribution in [3.63, 3.8) is 0 Å². The molecule has 0 saturated heterocycles.